The fourth-order valence-corrected chi connectivity index (χ4v) is 2.92. The summed E-state index contributed by atoms with van der Waals surface area (Å²) in [6.07, 6.45) is 2.67. The molecule has 1 unspecified atom stereocenters. The lowest BCUT2D eigenvalue weighted by atomic mass is 10.0. The highest BCUT2D eigenvalue weighted by molar-refractivity contribution is 5.55. The van der Waals surface area contributed by atoms with Crippen molar-refractivity contribution in [2.24, 2.45) is 5.92 Å². The van der Waals surface area contributed by atoms with Gasteiger partial charge >= 0.3 is 0 Å². The number of anilines is 1. The molecule has 1 N–H and O–H groups in total. The zero-order valence-electron chi connectivity index (χ0n) is 11.2. The summed E-state index contributed by atoms with van der Waals surface area (Å²) in [6.45, 7) is 6.84. The lowest BCUT2D eigenvalue weighted by molar-refractivity contribution is 0.491. The van der Waals surface area contributed by atoms with Gasteiger partial charge < -0.3 is 10.2 Å². The summed E-state index contributed by atoms with van der Waals surface area (Å²) < 4.78 is 0. The van der Waals surface area contributed by atoms with Crippen LogP contribution in [0.5, 0.6) is 0 Å². The molecule has 0 saturated carbocycles. The molecule has 1 aromatic carbocycles. The number of para-hydroxylation sites is 1. The normalized spacial score (nSPS) is 20.2. The van der Waals surface area contributed by atoms with Gasteiger partial charge in [0.05, 0.1) is 0 Å². The average molecular weight is 232 g/mol. The Balaban J connectivity index is 2.26. The predicted octanol–water partition coefficient (Wildman–Crippen LogP) is 3.03. The van der Waals surface area contributed by atoms with Crippen LogP contribution in [0.25, 0.3) is 0 Å². The second-order valence-electron chi connectivity index (χ2n) is 5.31. The Kier molecular flexibility index (Phi) is 4.06. The van der Waals surface area contributed by atoms with Crippen molar-refractivity contribution in [2.45, 2.75) is 39.3 Å². The Morgan fingerprint density at radius 2 is 2.12 bits per heavy atom. The van der Waals surface area contributed by atoms with Gasteiger partial charge in [-0.3, -0.25) is 0 Å². The second kappa shape index (κ2) is 5.54. The topological polar surface area (TPSA) is 15.3 Å². The van der Waals surface area contributed by atoms with Crippen LogP contribution in [0, 0.1) is 5.92 Å². The monoisotopic (exact) mass is 232 g/mol. The molecule has 1 heterocycles. The van der Waals surface area contributed by atoms with E-state index < -0.39 is 0 Å². The van der Waals surface area contributed by atoms with E-state index in [9.17, 15) is 0 Å². The van der Waals surface area contributed by atoms with Gasteiger partial charge in [-0.25, -0.2) is 0 Å². The van der Waals surface area contributed by atoms with Crippen LogP contribution in [0.3, 0.4) is 0 Å². The molecule has 0 amide bonds. The van der Waals surface area contributed by atoms with E-state index in [-0.39, 0.29) is 0 Å². The van der Waals surface area contributed by atoms with Crippen molar-refractivity contribution in [1.82, 2.24) is 5.32 Å². The molecule has 0 spiro atoms. The molecule has 2 heteroatoms. The molecular weight excluding hydrogens is 208 g/mol. The summed E-state index contributed by atoms with van der Waals surface area (Å²) in [5, 5.41) is 3.27. The van der Waals surface area contributed by atoms with E-state index in [0.717, 1.165) is 12.5 Å². The van der Waals surface area contributed by atoms with Crippen LogP contribution in [0.15, 0.2) is 24.3 Å². The lowest BCUT2D eigenvalue weighted by Crippen LogP contribution is -2.34. The van der Waals surface area contributed by atoms with Crippen molar-refractivity contribution < 1.29 is 0 Å². The quantitative estimate of drug-likeness (QED) is 0.858. The summed E-state index contributed by atoms with van der Waals surface area (Å²) in [4.78, 5) is 2.61. The molecule has 1 aliphatic rings. The van der Waals surface area contributed by atoms with Gasteiger partial charge in [0.1, 0.15) is 0 Å². The first-order valence-corrected chi connectivity index (χ1v) is 6.73. The Morgan fingerprint density at radius 1 is 1.35 bits per heavy atom. The maximum atomic E-state index is 3.27. The molecule has 1 aliphatic heterocycles. The van der Waals surface area contributed by atoms with Crippen molar-refractivity contribution in [3.05, 3.63) is 29.8 Å². The minimum atomic E-state index is 0.716. The summed E-state index contributed by atoms with van der Waals surface area (Å²) in [5.74, 6) is 0.736. The molecule has 1 aromatic rings. The van der Waals surface area contributed by atoms with Crippen LogP contribution in [0.2, 0.25) is 0 Å². The molecule has 2 rings (SSSR count). The van der Waals surface area contributed by atoms with Crippen LogP contribution < -0.4 is 10.2 Å². The van der Waals surface area contributed by atoms with Crippen LogP contribution in [0.4, 0.5) is 5.69 Å². The minimum Gasteiger partial charge on any atom is -0.368 e. The van der Waals surface area contributed by atoms with Gasteiger partial charge in [-0.05, 0) is 37.4 Å². The number of nitrogens with zero attached hydrogens (tertiary/aromatic N) is 1. The van der Waals surface area contributed by atoms with Gasteiger partial charge in [0.15, 0.2) is 0 Å². The SMILES string of the molecule is CNCc1ccccc1N1CCCC1C(C)C. The van der Waals surface area contributed by atoms with E-state index in [1.807, 2.05) is 7.05 Å². The van der Waals surface area contributed by atoms with Crippen molar-refractivity contribution in [3.8, 4) is 0 Å². The van der Waals surface area contributed by atoms with E-state index in [4.69, 9.17) is 0 Å². The first-order valence-electron chi connectivity index (χ1n) is 6.73. The standard InChI is InChI=1S/C15H24N2/c1-12(2)14-9-6-10-17(14)15-8-5-4-7-13(15)11-16-3/h4-5,7-8,12,14,16H,6,9-11H2,1-3H3. The van der Waals surface area contributed by atoms with Crippen molar-refractivity contribution in [3.63, 3.8) is 0 Å². The van der Waals surface area contributed by atoms with Crippen LogP contribution >= 0.6 is 0 Å². The molecule has 2 nitrogen and oxygen atoms in total. The molecule has 1 atom stereocenters. The van der Waals surface area contributed by atoms with E-state index >= 15 is 0 Å². The molecule has 0 aromatic heterocycles. The van der Waals surface area contributed by atoms with Crippen molar-refractivity contribution >= 4 is 5.69 Å². The molecular formula is C15H24N2. The van der Waals surface area contributed by atoms with E-state index in [1.165, 1.54) is 30.6 Å². The number of hydrogen-bond donors (Lipinski definition) is 1. The molecule has 1 fully saturated rings. The molecule has 0 aliphatic carbocycles. The molecule has 17 heavy (non-hydrogen) atoms. The molecule has 94 valence electrons. The third-order valence-corrected chi connectivity index (χ3v) is 3.74. The number of rotatable bonds is 4. The van der Waals surface area contributed by atoms with Crippen molar-refractivity contribution in [2.75, 3.05) is 18.5 Å². The third-order valence-electron chi connectivity index (χ3n) is 3.74. The lowest BCUT2D eigenvalue weighted by Gasteiger charge is -2.31. The predicted molar refractivity (Wildman–Crippen MR) is 74.4 cm³/mol. The maximum Gasteiger partial charge on any atom is 0.0414 e. The first kappa shape index (κ1) is 12.4. The van der Waals surface area contributed by atoms with E-state index in [1.54, 1.807) is 0 Å². The highest BCUT2D eigenvalue weighted by Gasteiger charge is 2.28. The fraction of sp³-hybridized carbons (Fsp3) is 0.600. The summed E-state index contributed by atoms with van der Waals surface area (Å²) in [7, 11) is 2.01. The zero-order valence-corrected chi connectivity index (χ0v) is 11.2. The Morgan fingerprint density at radius 3 is 2.82 bits per heavy atom. The Bertz CT molecular complexity index is 360. The summed E-state index contributed by atoms with van der Waals surface area (Å²) in [6, 6.07) is 9.52. The fourth-order valence-electron chi connectivity index (χ4n) is 2.92. The summed E-state index contributed by atoms with van der Waals surface area (Å²) >= 11 is 0. The van der Waals surface area contributed by atoms with Crippen molar-refractivity contribution in [1.29, 1.82) is 0 Å². The first-order chi connectivity index (χ1) is 8.24. The Hall–Kier alpha value is -1.02. The second-order valence-corrected chi connectivity index (χ2v) is 5.31. The van der Waals surface area contributed by atoms with Crippen LogP contribution in [-0.2, 0) is 6.54 Å². The smallest absolute Gasteiger partial charge is 0.0414 e. The van der Waals surface area contributed by atoms with E-state index in [0.29, 0.717) is 6.04 Å². The largest absolute Gasteiger partial charge is 0.368 e. The van der Waals surface area contributed by atoms with Gasteiger partial charge in [-0.15, -0.1) is 0 Å². The number of benzene rings is 1. The Labute approximate surface area is 105 Å². The average Bonchev–Trinajstić information content (AvgIpc) is 2.79. The van der Waals surface area contributed by atoms with Gasteiger partial charge in [-0.1, -0.05) is 32.0 Å². The molecule has 0 radical (unpaired) electrons. The van der Waals surface area contributed by atoms with Crippen LogP contribution in [0.1, 0.15) is 32.3 Å². The van der Waals surface area contributed by atoms with E-state index in [2.05, 4.69) is 48.3 Å². The number of nitrogens with one attached hydrogen (secondary N) is 1. The molecule has 1 saturated heterocycles. The van der Waals surface area contributed by atoms with Gasteiger partial charge in [-0.2, -0.15) is 0 Å². The maximum absolute atomic E-state index is 3.27. The number of hydrogen-bond acceptors (Lipinski definition) is 2. The van der Waals surface area contributed by atoms with Gasteiger partial charge in [0.2, 0.25) is 0 Å². The van der Waals surface area contributed by atoms with Gasteiger partial charge in [0, 0.05) is 24.8 Å². The highest BCUT2D eigenvalue weighted by Crippen LogP contribution is 2.31. The zero-order chi connectivity index (χ0) is 12.3. The van der Waals surface area contributed by atoms with Crippen LogP contribution in [-0.4, -0.2) is 19.6 Å². The van der Waals surface area contributed by atoms with Gasteiger partial charge in [0.25, 0.3) is 0 Å². The minimum absolute atomic E-state index is 0.716. The molecule has 0 bridgehead atoms. The summed E-state index contributed by atoms with van der Waals surface area (Å²) in [5.41, 5.74) is 2.85. The third kappa shape index (κ3) is 2.63. The highest BCUT2D eigenvalue weighted by atomic mass is 15.2.